The average molecular weight is 210 g/mol. The highest BCUT2D eigenvalue weighted by Gasteiger charge is 2.06. The minimum absolute atomic E-state index is 0. The Bertz CT molecular complexity index is 155. The van der Waals surface area contributed by atoms with Gasteiger partial charge in [-0.05, 0) is 31.3 Å². The summed E-state index contributed by atoms with van der Waals surface area (Å²) in [4.78, 5) is 0. The highest BCUT2D eigenvalue weighted by Crippen LogP contribution is 2.24. The van der Waals surface area contributed by atoms with E-state index < -0.39 is 0 Å². The van der Waals surface area contributed by atoms with Crippen LogP contribution < -0.4 is 5.73 Å². The molecule has 1 nitrogen and oxygen atoms in total. The second-order valence-corrected chi connectivity index (χ2v) is 3.58. The quantitative estimate of drug-likeness (QED) is 0.706. The van der Waals surface area contributed by atoms with Gasteiger partial charge in [-0.15, -0.1) is 12.4 Å². The molecule has 72 valence electrons. The van der Waals surface area contributed by atoms with E-state index in [2.05, 4.69) is 0 Å². The lowest BCUT2D eigenvalue weighted by Gasteiger charge is -2.12. The van der Waals surface area contributed by atoms with Crippen molar-refractivity contribution in [2.75, 3.05) is 6.54 Å². The van der Waals surface area contributed by atoms with Gasteiger partial charge in [0.15, 0.2) is 0 Å². The van der Waals surface area contributed by atoms with Crippen molar-refractivity contribution in [2.45, 2.75) is 38.5 Å². The topological polar surface area (TPSA) is 26.0 Å². The Morgan fingerprint density at radius 2 is 1.67 bits per heavy atom. The molecule has 1 rings (SSSR count). The Morgan fingerprint density at radius 1 is 1.08 bits per heavy atom. The molecule has 0 saturated heterocycles. The fourth-order valence-electron chi connectivity index (χ4n) is 1.50. The molecule has 0 radical (unpaired) electrons. The molecule has 0 bridgehead atoms. The fourth-order valence-corrected chi connectivity index (χ4v) is 1.80. The van der Waals surface area contributed by atoms with Crippen molar-refractivity contribution in [3.05, 3.63) is 10.6 Å². The SMILES string of the molecule is Cl.NC/C1=C(\Cl)CCCCCC1. The molecule has 0 saturated carbocycles. The van der Waals surface area contributed by atoms with Crippen molar-refractivity contribution >= 4 is 24.0 Å². The van der Waals surface area contributed by atoms with Crippen LogP contribution in [0.5, 0.6) is 0 Å². The van der Waals surface area contributed by atoms with Gasteiger partial charge in [0.05, 0.1) is 0 Å². The van der Waals surface area contributed by atoms with Crippen LogP contribution in [-0.4, -0.2) is 6.54 Å². The Balaban J connectivity index is 0.00000121. The molecule has 0 aromatic heterocycles. The lowest BCUT2D eigenvalue weighted by atomic mass is 10.00. The summed E-state index contributed by atoms with van der Waals surface area (Å²) in [6, 6.07) is 0. The van der Waals surface area contributed by atoms with E-state index in [1.54, 1.807) is 0 Å². The molecule has 0 fully saturated rings. The smallest absolute Gasteiger partial charge is 0.0185 e. The van der Waals surface area contributed by atoms with Gasteiger partial charge in [0.2, 0.25) is 0 Å². The first-order valence-corrected chi connectivity index (χ1v) is 4.79. The zero-order valence-electron chi connectivity index (χ0n) is 7.31. The third kappa shape index (κ3) is 3.79. The average Bonchev–Trinajstić information content (AvgIpc) is 1.98. The molecule has 3 heteroatoms. The molecular weight excluding hydrogens is 193 g/mol. The molecule has 0 amide bonds. The summed E-state index contributed by atoms with van der Waals surface area (Å²) in [7, 11) is 0. The molecule has 1 aliphatic rings. The van der Waals surface area contributed by atoms with Gasteiger partial charge in [-0.2, -0.15) is 0 Å². The Morgan fingerprint density at radius 3 is 2.25 bits per heavy atom. The largest absolute Gasteiger partial charge is 0.327 e. The molecule has 12 heavy (non-hydrogen) atoms. The number of allylic oxidation sites excluding steroid dienone is 1. The van der Waals surface area contributed by atoms with Gasteiger partial charge in [-0.25, -0.2) is 0 Å². The fraction of sp³-hybridized carbons (Fsp3) is 0.778. The van der Waals surface area contributed by atoms with E-state index in [1.165, 1.54) is 31.3 Å². The molecule has 0 atom stereocenters. The van der Waals surface area contributed by atoms with Gasteiger partial charge >= 0.3 is 0 Å². The third-order valence-corrected chi connectivity index (χ3v) is 2.71. The Hall–Kier alpha value is 0.280. The maximum atomic E-state index is 6.06. The molecule has 2 N–H and O–H groups in total. The van der Waals surface area contributed by atoms with E-state index >= 15 is 0 Å². The van der Waals surface area contributed by atoms with Crippen molar-refractivity contribution in [1.82, 2.24) is 0 Å². The summed E-state index contributed by atoms with van der Waals surface area (Å²) < 4.78 is 0. The lowest BCUT2D eigenvalue weighted by molar-refractivity contribution is 0.616. The van der Waals surface area contributed by atoms with Crippen molar-refractivity contribution in [3.63, 3.8) is 0 Å². The molecule has 0 aromatic carbocycles. The second kappa shape index (κ2) is 6.76. The van der Waals surface area contributed by atoms with Crippen LogP contribution in [0.1, 0.15) is 38.5 Å². The molecular formula is C9H17Cl2N. The maximum absolute atomic E-state index is 6.06. The van der Waals surface area contributed by atoms with Gasteiger partial charge in [0.25, 0.3) is 0 Å². The van der Waals surface area contributed by atoms with Crippen molar-refractivity contribution in [2.24, 2.45) is 5.73 Å². The van der Waals surface area contributed by atoms with Gasteiger partial charge in [-0.1, -0.05) is 24.4 Å². The van der Waals surface area contributed by atoms with Crippen molar-refractivity contribution in [1.29, 1.82) is 0 Å². The number of hydrogen-bond donors (Lipinski definition) is 1. The molecule has 0 unspecified atom stereocenters. The van der Waals surface area contributed by atoms with E-state index in [9.17, 15) is 0 Å². The van der Waals surface area contributed by atoms with E-state index in [1.807, 2.05) is 0 Å². The maximum Gasteiger partial charge on any atom is 0.0185 e. The van der Waals surface area contributed by atoms with Crippen LogP contribution in [0.25, 0.3) is 0 Å². The van der Waals surface area contributed by atoms with Crippen molar-refractivity contribution < 1.29 is 0 Å². The number of nitrogens with two attached hydrogens (primary N) is 1. The monoisotopic (exact) mass is 209 g/mol. The second-order valence-electron chi connectivity index (χ2n) is 3.13. The zero-order valence-corrected chi connectivity index (χ0v) is 8.89. The van der Waals surface area contributed by atoms with Crippen LogP contribution in [0, 0.1) is 0 Å². The van der Waals surface area contributed by atoms with E-state index in [4.69, 9.17) is 17.3 Å². The van der Waals surface area contributed by atoms with Gasteiger partial charge in [0, 0.05) is 11.6 Å². The number of hydrogen-bond acceptors (Lipinski definition) is 1. The third-order valence-electron chi connectivity index (χ3n) is 2.25. The van der Waals surface area contributed by atoms with Crippen LogP contribution in [0.4, 0.5) is 0 Å². The van der Waals surface area contributed by atoms with Crippen LogP contribution >= 0.6 is 24.0 Å². The minimum Gasteiger partial charge on any atom is -0.327 e. The van der Waals surface area contributed by atoms with Crippen LogP contribution in [0.15, 0.2) is 10.6 Å². The summed E-state index contributed by atoms with van der Waals surface area (Å²) in [5, 5.41) is 1.03. The van der Waals surface area contributed by atoms with Gasteiger partial charge < -0.3 is 5.73 Å². The highest BCUT2D eigenvalue weighted by atomic mass is 35.5. The summed E-state index contributed by atoms with van der Waals surface area (Å²) in [5.74, 6) is 0. The summed E-state index contributed by atoms with van der Waals surface area (Å²) in [6.07, 6.45) is 7.34. The summed E-state index contributed by atoms with van der Waals surface area (Å²) >= 11 is 6.06. The normalized spacial score (nSPS) is 25.5. The minimum atomic E-state index is 0. The lowest BCUT2D eigenvalue weighted by Crippen LogP contribution is -2.06. The Labute approximate surface area is 85.8 Å². The molecule has 0 aliphatic heterocycles. The molecule has 0 aromatic rings. The number of halogens is 2. The predicted octanol–water partition coefficient (Wildman–Crippen LogP) is 3.21. The highest BCUT2D eigenvalue weighted by molar-refractivity contribution is 6.29. The zero-order chi connectivity index (χ0) is 8.10. The summed E-state index contributed by atoms with van der Waals surface area (Å²) in [6.45, 7) is 0.652. The predicted molar refractivity (Wildman–Crippen MR) is 56.9 cm³/mol. The van der Waals surface area contributed by atoms with Gasteiger partial charge in [0.1, 0.15) is 0 Å². The summed E-state index contributed by atoms with van der Waals surface area (Å²) in [5.41, 5.74) is 6.86. The number of rotatable bonds is 1. The van der Waals surface area contributed by atoms with Crippen LogP contribution in [0.2, 0.25) is 0 Å². The Kier molecular flexibility index (Phi) is 6.92. The standard InChI is InChI=1S/C9H16ClN.ClH/c10-9-6-4-2-1-3-5-8(9)7-11;/h1-7,11H2;1H/b9-8-;. The van der Waals surface area contributed by atoms with Gasteiger partial charge in [-0.3, -0.25) is 0 Å². The first-order chi connectivity index (χ1) is 5.34. The molecule has 0 spiro atoms. The molecule has 1 aliphatic carbocycles. The molecule has 0 heterocycles. The first-order valence-electron chi connectivity index (χ1n) is 4.41. The van der Waals surface area contributed by atoms with E-state index in [0.29, 0.717) is 6.54 Å². The van der Waals surface area contributed by atoms with Crippen LogP contribution in [-0.2, 0) is 0 Å². The van der Waals surface area contributed by atoms with Crippen LogP contribution in [0.3, 0.4) is 0 Å². The van der Waals surface area contributed by atoms with Crippen molar-refractivity contribution in [3.8, 4) is 0 Å². The first kappa shape index (κ1) is 12.3. The van der Waals surface area contributed by atoms with E-state index in [0.717, 1.165) is 17.9 Å². The van der Waals surface area contributed by atoms with E-state index in [-0.39, 0.29) is 12.4 Å².